The normalized spacial score (nSPS) is 17.6. The van der Waals surface area contributed by atoms with E-state index in [1.807, 2.05) is 12.1 Å². The van der Waals surface area contributed by atoms with Gasteiger partial charge in [-0.05, 0) is 36.3 Å². The first-order valence-electron chi connectivity index (χ1n) is 8.95. The van der Waals surface area contributed by atoms with Crippen molar-refractivity contribution in [3.05, 3.63) is 23.8 Å². The zero-order valence-electron chi connectivity index (χ0n) is 15.1. The van der Waals surface area contributed by atoms with Crippen LogP contribution in [0.1, 0.15) is 65.4 Å². The smallest absolute Gasteiger partial charge is 0.227 e. The van der Waals surface area contributed by atoms with Crippen molar-refractivity contribution in [1.29, 1.82) is 0 Å². The lowest BCUT2D eigenvalue weighted by Crippen LogP contribution is -2.32. The highest BCUT2D eigenvalue weighted by Crippen LogP contribution is 2.34. The Morgan fingerprint density at radius 3 is 2.70 bits per heavy atom. The van der Waals surface area contributed by atoms with Crippen LogP contribution in [0.2, 0.25) is 0 Å². The van der Waals surface area contributed by atoms with Gasteiger partial charge in [0.15, 0.2) is 0 Å². The van der Waals surface area contributed by atoms with Gasteiger partial charge in [0.1, 0.15) is 5.75 Å². The summed E-state index contributed by atoms with van der Waals surface area (Å²) >= 11 is 0. The van der Waals surface area contributed by atoms with Crippen molar-refractivity contribution in [2.24, 2.45) is 11.3 Å². The minimum Gasteiger partial charge on any atom is -0.494 e. The van der Waals surface area contributed by atoms with Gasteiger partial charge in [0.2, 0.25) is 5.91 Å². The van der Waals surface area contributed by atoms with Gasteiger partial charge < -0.3 is 10.1 Å². The number of benzene rings is 1. The molecule has 1 aromatic rings. The molecule has 1 aromatic carbocycles. The van der Waals surface area contributed by atoms with E-state index in [9.17, 15) is 4.79 Å². The van der Waals surface area contributed by atoms with Crippen molar-refractivity contribution < 1.29 is 9.53 Å². The number of anilines is 1. The molecule has 1 N–H and O–H groups in total. The van der Waals surface area contributed by atoms with Crippen LogP contribution in [0.25, 0.3) is 0 Å². The van der Waals surface area contributed by atoms with E-state index < -0.39 is 0 Å². The highest BCUT2D eigenvalue weighted by molar-refractivity contribution is 5.96. The molecule has 1 amide bonds. The van der Waals surface area contributed by atoms with Crippen LogP contribution in [-0.2, 0) is 11.2 Å². The van der Waals surface area contributed by atoms with Crippen molar-refractivity contribution in [2.75, 3.05) is 11.9 Å². The molecule has 1 unspecified atom stereocenters. The van der Waals surface area contributed by atoms with E-state index in [1.165, 1.54) is 24.8 Å². The number of hydrogen-bond acceptors (Lipinski definition) is 2. The van der Waals surface area contributed by atoms with Crippen LogP contribution in [-0.4, -0.2) is 12.5 Å². The largest absolute Gasteiger partial charge is 0.494 e. The Balaban J connectivity index is 1.94. The van der Waals surface area contributed by atoms with E-state index in [1.54, 1.807) is 0 Å². The van der Waals surface area contributed by atoms with Crippen LogP contribution in [0.15, 0.2) is 18.2 Å². The van der Waals surface area contributed by atoms with E-state index in [-0.39, 0.29) is 17.2 Å². The number of carbonyl (C=O) groups is 1. The monoisotopic (exact) mass is 317 g/mol. The fraction of sp³-hybridized carbons (Fsp3) is 0.650. The summed E-state index contributed by atoms with van der Waals surface area (Å²) in [6.45, 7) is 9.52. The van der Waals surface area contributed by atoms with Crippen LogP contribution >= 0.6 is 0 Å². The fourth-order valence-corrected chi connectivity index (χ4v) is 3.16. The summed E-state index contributed by atoms with van der Waals surface area (Å²) in [5, 5.41) is 3.06. The predicted octanol–water partition coefficient (Wildman–Crippen LogP) is 5.19. The molecular weight excluding hydrogens is 286 g/mol. The Bertz CT molecular complexity index is 531. The second-order valence-corrected chi connectivity index (χ2v) is 7.88. The van der Waals surface area contributed by atoms with Crippen LogP contribution in [0.5, 0.6) is 5.75 Å². The minimum atomic E-state index is 0.0725. The molecule has 0 saturated carbocycles. The first-order chi connectivity index (χ1) is 10.9. The van der Waals surface area contributed by atoms with E-state index in [0.717, 1.165) is 37.3 Å². The summed E-state index contributed by atoms with van der Waals surface area (Å²) in [6, 6.07) is 6.11. The molecule has 1 heterocycles. The third-order valence-corrected chi connectivity index (χ3v) is 4.30. The van der Waals surface area contributed by atoms with Gasteiger partial charge in [-0.1, -0.05) is 53.0 Å². The first-order valence-corrected chi connectivity index (χ1v) is 8.95. The third-order valence-electron chi connectivity index (χ3n) is 4.30. The van der Waals surface area contributed by atoms with Crippen molar-refractivity contribution in [3.8, 4) is 5.75 Å². The topological polar surface area (TPSA) is 38.3 Å². The summed E-state index contributed by atoms with van der Waals surface area (Å²) in [5.41, 5.74) is 2.31. The highest BCUT2D eigenvalue weighted by Gasteiger charge is 2.29. The Morgan fingerprint density at radius 2 is 2.00 bits per heavy atom. The summed E-state index contributed by atoms with van der Waals surface area (Å²) in [7, 11) is 0. The van der Waals surface area contributed by atoms with Gasteiger partial charge in [0, 0.05) is 17.7 Å². The molecule has 3 nitrogen and oxygen atoms in total. The molecule has 0 saturated heterocycles. The molecule has 0 bridgehead atoms. The number of nitrogens with one attached hydrogen (secondary N) is 1. The standard InChI is InChI=1S/C20H31NO2/c1-5-6-7-8-11-23-17-10-9-15-12-16(14-20(2,3)4)19(22)21-18(15)13-17/h9-10,13,16H,5-8,11-12,14H2,1-4H3,(H,21,22). The molecular formula is C20H31NO2. The van der Waals surface area contributed by atoms with Crippen molar-refractivity contribution in [3.63, 3.8) is 0 Å². The van der Waals surface area contributed by atoms with Gasteiger partial charge in [-0.3, -0.25) is 4.79 Å². The number of hydrogen-bond donors (Lipinski definition) is 1. The molecule has 2 rings (SSSR count). The Kier molecular flexibility index (Phi) is 6.09. The van der Waals surface area contributed by atoms with Gasteiger partial charge in [0.25, 0.3) is 0 Å². The molecule has 0 aliphatic carbocycles. The first kappa shape index (κ1) is 17.8. The second kappa shape index (κ2) is 7.85. The zero-order valence-corrected chi connectivity index (χ0v) is 15.1. The summed E-state index contributed by atoms with van der Waals surface area (Å²) in [4.78, 5) is 12.3. The van der Waals surface area contributed by atoms with Crippen molar-refractivity contribution in [2.45, 2.75) is 66.2 Å². The Hall–Kier alpha value is -1.51. The van der Waals surface area contributed by atoms with E-state index in [4.69, 9.17) is 4.74 Å². The number of rotatable bonds is 7. The quantitative estimate of drug-likeness (QED) is 0.703. The van der Waals surface area contributed by atoms with E-state index in [2.05, 4.69) is 39.1 Å². The maximum absolute atomic E-state index is 12.3. The summed E-state index contributed by atoms with van der Waals surface area (Å²) in [5.74, 6) is 1.07. The molecule has 1 atom stereocenters. The lowest BCUT2D eigenvalue weighted by molar-refractivity contribution is -0.121. The summed E-state index contributed by atoms with van der Waals surface area (Å²) < 4.78 is 5.81. The molecule has 3 heteroatoms. The van der Waals surface area contributed by atoms with Crippen molar-refractivity contribution >= 4 is 11.6 Å². The SMILES string of the molecule is CCCCCCOc1ccc2c(c1)NC(=O)C(CC(C)(C)C)C2. The summed E-state index contributed by atoms with van der Waals surface area (Å²) in [6.07, 6.45) is 6.54. The molecule has 0 fully saturated rings. The van der Waals surface area contributed by atoms with Gasteiger partial charge in [0.05, 0.1) is 6.61 Å². The van der Waals surface area contributed by atoms with E-state index >= 15 is 0 Å². The maximum atomic E-state index is 12.3. The molecule has 1 aliphatic heterocycles. The molecule has 128 valence electrons. The number of carbonyl (C=O) groups excluding carboxylic acids is 1. The fourth-order valence-electron chi connectivity index (χ4n) is 3.16. The average Bonchev–Trinajstić information content (AvgIpc) is 2.46. The minimum absolute atomic E-state index is 0.0725. The van der Waals surface area contributed by atoms with Crippen LogP contribution in [0.4, 0.5) is 5.69 Å². The van der Waals surface area contributed by atoms with Gasteiger partial charge in [-0.25, -0.2) is 0 Å². The van der Waals surface area contributed by atoms with Gasteiger partial charge >= 0.3 is 0 Å². The van der Waals surface area contributed by atoms with Crippen LogP contribution in [0, 0.1) is 11.3 Å². The zero-order chi connectivity index (χ0) is 16.9. The Labute approximate surface area is 140 Å². The predicted molar refractivity (Wildman–Crippen MR) is 96.0 cm³/mol. The molecule has 0 spiro atoms. The third kappa shape index (κ3) is 5.56. The van der Waals surface area contributed by atoms with Gasteiger partial charge in [-0.15, -0.1) is 0 Å². The average molecular weight is 317 g/mol. The number of ether oxygens (including phenoxy) is 1. The molecule has 23 heavy (non-hydrogen) atoms. The number of amides is 1. The van der Waals surface area contributed by atoms with E-state index in [0.29, 0.717) is 0 Å². The van der Waals surface area contributed by atoms with Crippen molar-refractivity contribution in [1.82, 2.24) is 0 Å². The molecule has 0 radical (unpaired) electrons. The molecule has 1 aliphatic rings. The lowest BCUT2D eigenvalue weighted by atomic mass is 9.80. The van der Waals surface area contributed by atoms with Crippen LogP contribution in [0.3, 0.4) is 0 Å². The Morgan fingerprint density at radius 1 is 1.22 bits per heavy atom. The lowest BCUT2D eigenvalue weighted by Gasteiger charge is -2.30. The number of fused-ring (bicyclic) bond motifs is 1. The van der Waals surface area contributed by atoms with Crippen LogP contribution < -0.4 is 10.1 Å². The second-order valence-electron chi connectivity index (χ2n) is 7.88. The highest BCUT2D eigenvalue weighted by atomic mass is 16.5. The van der Waals surface area contributed by atoms with Gasteiger partial charge in [-0.2, -0.15) is 0 Å². The molecule has 0 aromatic heterocycles. The number of unbranched alkanes of at least 4 members (excludes halogenated alkanes) is 3. The maximum Gasteiger partial charge on any atom is 0.227 e.